The molecule has 3 aromatic carbocycles. The zero-order valence-corrected chi connectivity index (χ0v) is 14.8. The minimum atomic E-state index is -0.340. The Kier molecular flexibility index (Phi) is 3.07. The van der Waals surface area contributed by atoms with E-state index in [0.717, 1.165) is 5.39 Å². The van der Waals surface area contributed by atoms with Gasteiger partial charge in [0.05, 0.1) is 28.1 Å². The molecule has 0 saturated heterocycles. The highest BCUT2D eigenvalue weighted by Gasteiger charge is 2.26. The van der Waals surface area contributed by atoms with Crippen LogP contribution in [-0.4, -0.2) is 4.57 Å². The second kappa shape index (κ2) is 5.27. The zero-order chi connectivity index (χ0) is 18.9. The van der Waals surface area contributed by atoms with E-state index in [0.29, 0.717) is 22.0 Å². The van der Waals surface area contributed by atoms with Crippen molar-refractivity contribution in [2.24, 2.45) is 0 Å². The maximum Gasteiger partial charge on any atom is 0.214 e. The van der Waals surface area contributed by atoms with Crippen LogP contribution in [0.4, 0.5) is 0 Å². The molecule has 2 aromatic heterocycles. The Morgan fingerprint density at radius 1 is 0.852 bits per heavy atom. The van der Waals surface area contributed by atoms with E-state index >= 15 is 0 Å². The van der Waals surface area contributed by atoms with Gasteiger partial charge < -0.3 is 8.98 Å². The highest BCUT2D eigenvalue weighted by atomic mass is 16.3. The molecular formula is C22H15NO4. The molecule has 0 atom stereocenters. The van der Waals surface area contributed by atoms with Crippen molar-refractivity contribution in [1.82, 2.24) is 4.57 Å². The SMILES string of the molecule is CC(C)n1c2c(=O)c(-c3ccco3)cc(=O)c2c2c(=O)c3ccccc3c21. The summed E-state index contributed by atoms with van der Waals surface area (Å²) in [6.07, 6.45) is 1.46. The predicted octanol–water partition coefficient (Wildman–Crippen LogP) is 3.74. The van der Waals surface area contributed by atoms with Gasteiger partial charge in [0, 0.05) is 22.9 Å². The first-order valence-corrected chi connectivity index (χ1v) is 8.77. The Morgan fingerprint density at radius 3 is 2.26 bits per heavy atom. The zero-order valence-electron chi connectivity index (χ0n) is 14.8. The van der Waals surface area contributed by atoms with Gasteiger partial charge in [-0.2, -0.15) is 0 Å². The van der Waals surface area contributed by atoms with Gasteiger partial charge in [0.1, 0.15) is 11.3 Å². The van der Waals surface area contributed by atoms with Gasteiger partial charge in [-0.25, -0.2) is 0 Å². The fraction of sp³-hybridized carbons (Fsp3) is 0.136. The van der Waals surface area contributed by atoms with Crippen LogP contribution in [0.3, 0.4) is 0 Å². The van der Waals surface area contributed by atoms with Crippen molar-refractivity contribution in [3.8, 4) is 11.3 Å². The van der Waals surface area contributed by atoms with Crippen molar-refractivity contribution in [3.05, 3.63) is 79.4 Å². The van der Waals surface area contributed by atoms with E-state index in [9.17, 15) is 14.4 Å². The van der Waals surface area contributed by atoms with Crippen LogP contribution in [0, 0.1) is 0 Å². The number of nitrogens with zero attached hydrogens (tertiary/aromatic N) is 1. The molecule has 132 valence electrons. The van der Waals surface area contributed by atoms with Crippen molar-refractivity contribution in [1.29, 1.82) is 0 Å². The van der Waals surface area contributed by atoms with Crippen LogP contribution in [-0.2, 0) is 0 Å². The number of aromatic nitrogens is 1. The maximum atomic E-state index is 13.3. The monoisotopic (exact) mass is 357 g/mol. The Balaban J connectivity index is 2.14. The molecule has 27 heavy (non-hydrogen) atoms. The van der Waals surface area contributed by atoms with Crippen LogP contribution in [0.15, 0.2) is 67.5 Å². The molecule has 5 rings (SSSR count). The second-order valence-corrected chi connectivity index (χ2v) is 7.01. The highest BCUT2D eigenvalue weighted by molar-refractivity contribution is 6.21. The lowest BCUT2D eigenvalue weighted by molar-refractivity contribution is 0.581. The van der Waals surface area contributed by atoms with E-state index in [1.54, 1.807) is 24.3 Å². The number of furan rings is 1. The first-order chi connectivity index (χ1) is 13.0. The van der Waals surface area contributed by atoms with Gasteiger partial charge in [-0.05, 0) is 26.0 Å². The summed E-state index contributed by atoms with van der Waals surface area (Å²) >= 11 is 0. The lowest BCUT2D eigenvalue weighted by Crippen LogP contribution is -2.17. The van der Waals surface area contributed by atoms with Crippen LogP contribution >= 0.6 is 0 Å². The lowest BCUT2D eigenvalue weighted by Gasteiger charge is -2.11. The van der Waals surface area contributed by atoms with Crippen LogP contribution in [0.1, 0.15) is 19.9 Å². The third kappa shape index (κ3) is 1.91. The van der Waals surface area contributed by atoms with E-state index in [4.69, 9.17) is 4.42 Å². The van der Waals surface area contributed by atoms with E-state index < -0.39 is 0 Å². The van der Waals surface area contributed by atoms with Crippen molar-refractivity contribution in [2.75, 3.05) is 0 Å². The number of rotatable bonds is 2. The summed E-state index contributed by atoms with van der Waals surface area (Å²) in [5, 5.41) is 1.88. The third-order valence-corrected chi connectivity index (χ3v) is 5.14. The number of fused-ring (bicyclic) bond motifs is 5. The van der Waals surface area contributed by atoms with Gasteiger partial charge in [0.25, 0.3) is 0 Å². The molecule has 0 unspecified atom stereocenters. The number of hydrogen-bond acceptors (Lipinski definition) is 4. The molecule has 0 aliphatic heterocycles. The van der Waals surface area contributed by atoms with Crippen molar-refractivity contribution in [3.63, 3.8) is 0 Å². The van der Waals surface area contributed by atoms with Crippen LogP contribution < -0.4 is 16.3 Å². The van der Waals surface area contributed by atoms with Gasteiger partial charge in [0.2, 0.25) is 5.43 Å². The summed E-state index contributed by atoms with van der Waals surface area (Å²) in [6, 6.07) is 11.8. The molecular weight excluding hydrogens is 342 g/mol. The molecule has 0 bridgehead atoms. The average molecular weight is 357 g/mol. The molecule has 5 nitrogen and oxygen atoms in total. The molecule has 5 aromatic rings. The summed E-state index contributed by atoms with van der Waals surface area (Å²) in [6.45, 7) is 3.88. The fourth-order valence-electron chi connectivity index (χ4n) is 4.09. The van der Waals surface area contributed by atoms with E-state index in [1.165, 1.54) is 12.3 Å². The van der Waals surface area contributed by atoms with Gasteiger partial charge in [-0.3, -0.25) is 14.4 Å². The Labute approximate surface area is 152 Å². The summed E-state index contributed by atoms with van der Waals surface area (Å²) in [5.41, 5.74) is 0.312. The molecule has 0 amide bonds. The van der Waals surface area contributed by atoms with Gasteiger partial charge >= 0.3 is 0 Å². The Morgan fingerprint density at radius 2 is 1.59 bits per heavy atom. The minimum absolute atomic E-state index is 0.103. The van der Waals surface area contributed by atoms with Gasteiger partial charge in [-0.1, -0.05) is 24.3 Å². The third-order valence-electron chi connectivity index (χ3n) is 5.14. The normalized spacial score (nSPS) is 12.1. The van der Waals surface area contributed by atoms with Crippen molar-refractivity contribution in [2.45, 2.75) is 19.9 Å². The molecule has 0 saturated carbocycles. The molecule has 0 spiro atoms. The summed E-state index contributed by atoms with van der Waals surface area (Å²) in [5.74, 6) is 0.349. The summed E-state index contributed by atoms with van der Waals surface area (Å²) in [7, 11) is 0. The van der Waals surface area contributed by atoms with Gasteiger partial charge in [0.15, 0.2) is 10.9 Å². The number of benzene rings is 2. The topological polar surface area (TPSA) is 69.3 Å². The average Bonchev–Trinajstić information content (AvgIpc) is 3.34. The standard InChI is InChI=1S/C22H15NO4/c1-11(2)23-19-12-6-3-4-7-13(12)21(25)18(19)17-15(24)10-14(22(26)20(17)23)16-8-5-9-27-16/h3-11H,1-2H3. The molecule has 2 heterocycles. The lowest BCUT2D eigenvalue weighted by atomic mass is 10.1. The summed E-state index contributed by atoms with van der Waals surface area (Å²) < 4.78 is 7.17. The summed E-state index contributed by atoms with van der Waals surface area (Å²) in [4.78, 5) is 39.3. The van der Waals surface area contributed by atoms with E-state index in [-0.39, 0.29) is 38.8 Å². The van der Waals surface area contributed by atoms with Crippen LogP contribution in [0.25, 0.3) is 43.9 Å². The number of hydrogen-bond donors (Lipinski definition) is 0. The Bertz CT molecular complexity index is 1490. The van der Waals surface area contributed by atoms with E-state index in [2.05, 4.69) is 0 Å². The first-order valence-electron chi connectivity index (χ1n) is 8.77. The van der Waals surface area contributed by atoms with Crippen LogP contribution in [0.5, 0.6) is 0 Å². The quantitative estimate of drug-likeness (QED) is 0.482. The molecule has 0 aliphatic rings. The molecule has 0 N–H and O–H groups in total. The first kappa shape index (κ1) is 15.8. The van der Waals surface area contributed by atoms with Crippen molar-refractivity contribution < 1.29 is 4.42 Å². The minimum Gasteiger partial charge on any atom is -0.464 e. The highest BCUT2D eigenvalue weighted by Crippen LogP contribution is 2.33. The van der Waals surface area contributed by atoms with Gasteiger partial charge in [-0.15, -0.1) is 0 Å². The maximum absolute atomic E-state index is 13.3. The van der Waals surface area contributed by atoms with Crippen molar-refractivity contribution >= 4 is 32.6 Å². The molecule has 0 aliphatic carbocycles. The fourth-order valence-corrected chi connectivity index (χ4v) is 4.09. The largest absolute Gasteiger partial charge is 0.464 e. The second-order valence-electron chi connectivity index (χ2n) is 7.01. The Hall–Kier alpha value is -3.47. The molecule has 0 radical (unpaired) electrons. The molecule has 0 fully saturated rings. The smallest absolute Gasteiger partial charge is 0.214 e. The predicted molar refractivity (Wildman–Crippen MR) is 106 cm³/mol. The van der Waals surface area contributed by atoms with Crippen LogP contribution in [0.2, 0.25) is 0 Å². The van der Waals surface area contributed by atoms with E-state index in [1.807, 2.05) is 30.5 Å². The molecule has 5 heteroatoms.